The fourth-order valence-electron chi connectivity index (χ4n) is 12.2. The summed E-state index contributed by atoms with van der Waals surface area (Å²) >= 11 is 6.27. The molecule has 85 heavy (non-hydrogen) atoms. The van der Waals surface area contributed by atoms with E-state index in [2.05, 4.69) is 71.3 Å². The van der Waals surface area contributed by atoms with Gasteiger partial charge in [0, 0.05) is 92.3 Å². The summed E-state index contributed by atoms with van der Waals surface area (Å²) in [7, 11) is -4.64. The highest BCUT2D eigenvalue weighted by molar-refractivity contribution is 7.90. The molecule has 6 aromatic rings. The molecule has 3 saturated heterocycles. The molecule has 5 amide bonds. The Hall–Kier alpha value is -8.18. The number of nitro benzene ring substituents is 1. The predicted molar refractivity (Wildman–Crippen MR) is 324 cm³/mol. The molecule has 4 aliphatic heterocycles. The first-order valence-electron chi connectivity index (χ1n) is 29.0. The quantitative estimate of drug-likeness (QED) is 0.0206. The number of anilines is 3. The van der Waals surface area contributed by atoms with Crippen LogP contribution < -0.4 is 30.3 Å². The third-order valence-electron chi connectivity index (χ3n) is 17.0. The van der Waals surface area contributed by atoms with Crippen molar-refractivity contribution in [1.29, 1.82) is 0 Å². The monoisotopic (exact) mass is 1190 g/mol. The smallest absolute Gasteiger partial charge is 0.293 e. The summed E-state index contributed by atoms with van der Waals surface area (Å²) in [4.78, 5) is 91.9. The van der Waals surface area contributed by atoms with Crippen molar-refractivity contribution >= 4 is 90.5 Å². The second kappa shape index (κ2) is 24.8. The van der Waals surface area contributed by atoms with Gasteiger partial charge in [0.15, 0.2) is 0 Å². The molecule has 1 aliphatic carbocycles. The number of rotatable bonds is 20. The number of nitrogens with zero attached hydrogens (tertiary/aromatic N) is 6. The molecule has 1 unspecified atom stereocenters. The maximum atomic E-state index is 14.2. The Morgan fingerprint density at radius 3 is 2.41 bits per heavy atom. The van der Waals surface area contributed by atoms with Crippen molar-refractivity contribution in [3.05, 3.63) is 146 Å². The number of fused-ring (bicyclic) bond motifs is 2. The molecule has 0 saturated carbocycles. The van der Waals surface area contributed by atoms with Gasteiger partial charge in [-0.05, 0) is 154 Å². The van der Waals surface area contributed by atoms with Gasteiger partial charge in [-0.15, -0.1) is 0 Å². The van der Waals surface area contributed by atoms with Gasteiger partial charge >= 0.3 is 0 Å². The van der Waals surface area contributed by atoms with Gasteiger partial charge in [0.1, 0.15) is 28.9 Å². The first kappa shape index (κ1) is 58.6. The summed E-state index contributed by atoms with van der Waals surface area (Å²) < 4.78 is 36.5. The number of carbonyl (C=O) groups is 5. The first-order chi connectivity index (χ1) is 40.9. The fraction of sp³-hybridized carbons (Fsp3) is 0.387. The van der Waals surface area contributed by atoms with Crippen molar-refractivity contribution in [3.63, 3.8) is 0 Å². The van der Waals surface area contributed by atoms with Crippen LogP contribution in [0.2, 0.25) is 5.02 Å². The van der Waals surface area contributed by atoms with Crippen LogP contribution in [0.25, 0.3) is 16.6 Å². The van der Waals surface area contributed by atoms with E-state index >= 15 is 0 Å². The summed E-state index contributed by atoms with van der Waals surface area (Å²) in [6, 6.07) is 24.3. The van der Waals surface area contributed by atoms with Crippen molar-refractivity contribution in [2.75, 3.05) is 81.0 Å². The lowest BCUT2D eigenvalue weighted by Gasteiger charge is -2.39. The van der Waals surface area contributed by atoms with Gasteiger partial charge in [0.05, 0.1) is 32.7 Å². The zero-order valence-electron chi connectivity index (χ0n) is 47.5. The highest BCUT2D eigenvalue weighted by atomic mass is 35.5. The van der Waals surface area contributed by atoms with Crippen molar-refractivity contribution in [3.8, 4) is 11.5 Å². The molecule has 4 aromatic carbocycles. The number of piperidine rings is 2. The Bertz CT molecular complexity index is 3740. The molecule has 5 aliphatic rings. The number of sulfonamides is 1. The van der Waals surface area contributed by atoms with Crippen molar-refractivity contribution in [1.82, 2.24) is 34.7 Å². The average molecular weight is 1190 g/mol. The number of nitrogens with one attached hydrogen (secondary N) is 5. The lowest BCUT2D eigenvalue weighted by Crippen LogP contribution is -2.54. The summed E-state index contributed by atoms with van der Waals surface area (Å²) in [6.07, 6.45) is 9.83. The number of piperazine rings is 1. The minimum Gasteiger partial charge on any atom is -0.455 e. The van der Waals surface area contributed by atoms with Gasteiger partial charge in [-0.1, -0.05) is 49.2 Å². The summed E-state index contributed by atoms with van der Waals surface area (Å²) in [6.45, 7) is 11.9. The van der Waals surface area contributed by atoms with Gasteiger partial charge in [0.25, 0.3) is 33.4 Å². The summed E-state index contributed by atoms with van der Waals surface area (Å²) in [5.41, 5.74) is 6.28. The number of allylic oxidation sites excluding steroid dienone is 1. The molecule has 444 valence electrons. The van der Waals surface area contributed by atoms with Crippen LogP contribution in [-0.2, 0) is 19.6 Å². The second-order valence-corrected chi connectivity index (χ2v) is 25.5. The number of aromatic amines is 1. The fourth-order valence-corrected chi connectivity index (χ4v) is 13.3. The van der Waals surface area contributed by atoms with E-state index in [1.165, 1.54) is 41.1 Å². The molecule has 1 atom stereocenters. The van der Waals surface area contributed by atoms with Crippen LogP contribution in [0.3, 0.4) is 0 Å². The third-order valence-corrected chi connectivity index (χ3v) is 18.6. The number of ether oxygens (including phenoxy) is 1. The van der Waals surface area contributed by atoms with Gasteiger partial charge in [0.2, 0.25) is 11.8 Å². The number of nitro groups is 1. The van der Waals surface area contributed by atoms with Crippen molar-refractivity contribution in [2.45, 2.75) is 82.6 Å². The van der Waals surface area contributed by atoms with E-state index in [1.807, 2.05) is 18.2 Å². The van der Waals surface area contributed by atoms with Crippen LogP contribution in [0.5, 0.6) is 11.5 Å². The molecule has 0 radical (unpaired) electrons. The molecule has 23 heteroatoms. The number of H-pyrrole nitrogens is 1. The number of likely N-dealkylation sites (tertiary alicyclic amines) is 1. The highest BCUT2D eigenvalue weighted by Gasteiger charge is 2.46. The number of pyridine rings is 1. The Balaban J connectivity index is 0.682. The molecule has 0 spiro atoms. The Labute approximate surface area is 497 Å². The topological polar surface area (TPSA) is 262 Å². The van der Waals surface area contributed by atoms with E-state index in [0.717, 1.165) is 106 Å². The summed E-state index contributed by atoms with van der Waals surface area (Å²) in [5.74, 6) is -2.56. The lowest BCUT2D eigenvalue weighted by molar-refractivity contribution is -0.384. The zero-order chi connectivity index (χ0) is 59.6. The standard InChI is InChI=1S/C62H68ClN11O10S/c1-62(2)22-18-42(49(35-62)40-8-10-43(63)11-9-40)38-71-28-30-72(31-29-71)44-12-14-47(54(33-44)84-45-32-41-19-24-65-57(41)67-37-45)58(76)69-85(82,83)46-13-15-50(53(34-46)74(80)81)66-36-39-20-26-70(27-21-39)25-4-3-23-64-51-7-5-6-48-56(51)61(79)73(60(48)78)52-16-17-55(75)68-59(52)77/h5-15,19,24,32-34,37,39,52,64,66H,3-4,16-18,20-23,25-31,35-36,38H2,1-2H3,(H,65,67)(H,69,76)(H,68,75,77). The molecular formula is C62H68ClN11O10S. The van der Waals surface area contributed by atoms with E-state index in [0.29, 0.717) is 48.3 Å². The molecule has 2 aromatic heterocycles. The summed E-state index contributed by atoms with van der Waals surface area (Å²) in [5, 5.41) is 22.7. The zero-order valence-corrected chi connectivity index (χ0v) is 49.0. The molecule has 5 N–H and O–H groups in total. The van der Waals surface area contributed by atoms with E-state index < -0.39 is 61.1 Å². The largest absolute Gasteiger partial charge is 0.455 e. The number of halogens is 1. The molecule has 0 bridgehead atoms. The Morgan fingerprint density at radius 2 is 1.65 bits per heavy atom. The first-order valence-corrected chi connectivity index (χ1v) is 30.8. The molecule has 3 fully saturated rings. The predicted octanol–water partition coefficient (Wildman–Crippen LogP) is 9.24. The van der Waals surface area contributed by atoms with Crippen LogP contribution >= 0.6 is 11.6 Å². The van der Waals surface area contributed by atoms with Gasteiger partial charge in [-0.3, -0.25) is 49.2 Å². The van der Waals surface area contributed by atoms with Crippen molar-refractivity contribution in [2.24, 2.45) is 11.3 Å². The lowest BCUT2D eigenvalue weighted by atomic mass is 9.72. The van der Waals surface area contributed by atoms with Crippen LogP contribution in [0.15, 0.2) is 114 Å². The minimum absolute atomic E-state index is 0.0427. The van der Waals surface area contributed by atoms with Crippen LogP contribution in [0, 0.1) is 21.4 Å². The number of benzene rings is 4. The Morgan fingerprint density at radius 1 is 0.859 bits per heavy atom. The van der Waals surface area contributed by atoms with Crippen LogP contribution in [0.1, 0.15) is 108 Å². The number of imide groups is 2. The van der Waals surface area contributed by atoms with E-state index in [4.69, 9.17) is 16.3 Å². The second-order valence-electron chi connectivity index (χ2n) is 23.4. The molecule has 6 heterocycles. The van der Waals surface area contributed by atoms with Crippen molar-refractivity contribution < 1.29 is 42.1 Å². The van der Waals surface area contributed by atoms with E-state index in [1.54, 1.807) is 42.6 Å². The van der Waals surface area contributed by atoms with Gasteiger partial charge < -0.3 is 30.2 Å². The number of carbonyl (C=O) groups excluding carboxylic acids is 5. The number of unbranched alkanes of at least 4 members (excludes halogenated alkanes) is 1. The Kier molecular flexibility index (Phi) is 17.1. The number of hydrogen-bond acceptors (Lipinski definition) is 16. The maximum Gasteiger partial charge on any atom is 0.293 e. The highest BCUT2D eigenvalue weighted by Crippen LogP contribution is 2.44. The van der Waals surface area contributed by atoms with E-state index in [-0.39, 0.29) is 52.3 Å². The molecule has 11 rings (SSSR count). The van der Waals surface area contributed by atoms with E-state index in [9.17, 15) is 42.5 Å². The average Bonchev–Trinajstić information content (AvgIpc) is 4.28. The number of aromatic nitrogens is 2. The normalized spacial score (nSPS) is 18.8. The van der Waals surface area contributed by atoms with Gasteiger partial charge in [-0.25, -0.2) is 18.1 Å². The molecule has 21 nitrogen and oxygen atoms in total. The molecular weight excluding hydrogens is 1130 g/mol. The number of hydrogen-bond donors (Lipinski definition) is 5. The number of amides is 5. The van der Waals surface area contributed by atoms with Crippen LogP contribution in [0.4, 0.5) is 22.7 Å². The minimum atomic E-state index is -4.64. The SMILES string of the molecule is CC1(C)CCC(CN2CCN(c3ccc(C(=O)NS(=O)(=O)c4ccc(NCC5CCN(CCCCNc6cccc7c6C(=O)N(C6CCC(=O)NC6=O)C7=O)CC5)c([N+](=O)[O-])c4)c(Oc4cnc5[nH]ccc5c4)c3)CC2)=C(c2ccc(Cl)cc2)C1. The van der Waals surface area contributed by atoms with Gasteiger partial charge in [-0.2, -0.15) is 0 Å². The maximum absolute atomic E-state index is 14.2. The van der Waals surface area contributed by atoms with Crippen LogP contribution in [-0.4, -0.2) is 139 Å². The third kappa shape index (κ3) is 13.2.